The third kappa shape index (κ3) is 3.57. The number of halogens is 2. The van der Waals surface area contributed by atoms with E-state index in [4.69, 9.17) is 10.00 Å². The third-order valence-electron chi connectivity index (χ3n) is 4.77. The van der Waals surface area contributed by atoms with Gasteiger partial charge in [-0.2, -0.15) is 5.26 Å². The van der Waals surface area contributed by atoms with Crippen LogP contribution in [0.25, 0.3) is 5.57 Å². The molecular weight excluding hydrogens is 338 g/mol. The van der Waals surface area contributed by atoms with Crippen LogP contribution in [0, 0.1) is 23.0 Å². The number of nitrogens with zero attached hydrogens (tertiary/aromatic N) is 2. The summed E-state index contributed by atoms with van der Waals surface area (Å²) in [5, 5.41) is 8.82. The first-order valence-corrected chi connectivity index (χ1v) is 8.81. The summed E-state index contributed by atoms with van der Waals surface area (Å²) in [6, 6.07) is 3.74. The number of rotatable bonds is 1. The van der Waals surface area contributed by atoms with E-state index >= 15 is 0 Å². The van der Waals surface area contributed by atoms with E-state index in [-0.39, 0.29) is 18.2 Å². The van der Waals surface area contributed by atoms with Gasteiger partial charge >= 0.3 is 6.09 Å². The first-order chi connectivity index (χ1) is 12.2. The van der Waals surface area contributed by atoms with E-state index in [0.717, 1.165) is 24.8 Å². The van der Waals surface area contributed by atoms with Crippen LogP contribution >= 0.6 is 0 Å². The highest BCUT2D eigenvalue weighted by Gasteiger charge is 2.39. The van der Waals surface area contributed by atoms with Crippen LogP contribution in [0.2, 0.25) is 0 Å². The van der Waals surface area contributed by atoms with Gasteiger partial charge < -0.3 is 4.74 Å². The number of fused-ring (bicyclic) bond motifs is 2. The van der Waals surface area contributed by atoms with Gasteiger partial charge in [-0.1, -0.05) is 6.08 Å². The molecule has 0 saturated carbocycles. The molecule has 0 N–H and O–H groups in total. The Balaban J connectivity index is 1.92. The van der Waals surface area contributed by atoms with Gasteiger partial charge in [0.05, 0.1) is 6.04 Å². The smallest absolute Gasteiger partial charge is 0.411 e. The predicted molar refractivity (Wildman–Crippen MR) is 93.2 cm³/mol. The monoisotopic (exact) mass is 360 g/mol. The number of amides is 1. The van der Waals surface area contributed by atoms with E-state index in [1.54, 1.807) is 4.90 Å². The van der Waals surface area contributed by atoms with Gasteiger partial charge in [-0.3, -0.25) is 4.90 Å². The van der Waals surface area contributed by atoms with Crippen LogP contribution in [0.4, 0.5) is 13.6 Å². The van der Waals surface area contributed by atoms with Crippen molar-refractivity contribution in [2.24, 2.45) is 0 Å². The highest BCUT2D eigenvalue weighted by atomic mass is 19.1. The van der Waals surface area contributed by atoms with Crippen LogP contribution in [-0.2, 0) is 4.74 Å². The number of carbonyl (C=O) groups is 1. The first kappa shape index (κ1) is 18.4. The molecule has 1 saturated heterocycles. The van der Waals surface area contributed by atoms with E-state index in [1.807, 2.05) is 26.8 Å². The lowest BCUT2D eigenvalue weighted by atomic mass is 9.83. The summed E-state index contributed by atoms with van der Waals surface area (Å²) in [7, 11) is 0. The van der Waals surface area contributed by atoms with Crippen LogP contribution in [-0.4, -0.2) is 28.7 Å². The van der Waals surface area contributed by atoms with Crippen molar-refractivity contribution in [3.05, 3.63) is 41.0 Å². The molecule has 1 amide bonds. The molecule has 3 rings (SSSR count). The fourth-order valence-corrected chi connectivity index (χ4v) is 3.71. The number of hydrogen-bond donors (Lipinski definition) is 0. The Morgan fingerprint density at radius 1 is 1.27 bits per heavy atom. The normalized spacial score (nSPS) is 22.5. The molecule has 2 bridgehead atoms. The van der Waals surface area contributed by atoms with E-state index in [9.17, 15) is 13.6 Å². The van der Waals surface area contributed by atoms with Crippen molar-refractivity contribution in [1.29, 1.82) is 5.26 Å². The SMILES string of the molecule is CC(C)(C)OC(=O)N1C2C=C(c3cc(F)c(C#N)c(F)c3)CC1CCC2. The number of nitriles is 1. The molecule has 26 heavy (non-hydrogen) atoms. The molecule has 2 atom stereocenters. The average molecular weight is 360 g/mol. The average Bonchev–Trinajstić information content (AvgIpc) is 2.51. The Hall–Kier alpha value is -2.42. The van der Waals surface area contributed by atoms with Crippen molar-refractivity contribution in [3.63, 3.8) is 0 Å². The molecule has 138 valence electrons. The zero-order valence-corrected chi connectivity index (χ0v) is 15.2. The van der Waals surface area contributed by atoms with Crippen LogP contribution < -0.4 is 0 Å². The molecule has 0 spiro atoms. The molecule has 2 aliphatic heterocycles. The summed E-state index contributed by atoms with van der Waals surface area (Å²) in [4.78, 5) is 14.3. The topological polar surface area (TPSA) is 53.3 Å². The number of ether oxygens (including phenoxy) is 1. The maximum Gasteiger partial charge on any atom is 0.411 e. The van der Waals surface area contributed by atoms with Gasteiger partial charge in [-0.15, -0.1) is 0 Å². The molecule has 0 aromatic heterocycles. The van der Waals surface area contributed by atoms with Gasteiger partial charge in [0.1, 0.15) is 28.9 Å². The molecule has 2 heterocycles. The zero-order valence-electron chi connectivity index (χ0n) is 15.2. The lowest BCUT2D eigenvalue weighted by Gasteiger charge is -2.45. The van der Waals surface area contributed by atoms with Crippen molar-refractivity contribution in [3.8, 4) is 6.07 Å². The summed E-state index contributed by atoms with van der Waals surface area (Å²) in [5.41, 5.74) is 0.0941. The van der Waals surface area contributed by atoms with Gasteiger partial charge in [0.15, 0.2) is 0 Å². The van der Waals surface area contributed by atoms with Crippen molar-refractivity contribution in [2.75, 3.05) is 0 Å². The number of hydrogen-bond acceptors (Lipinski definition) is 3. The molecule has 0 radical (unpaired) electrons. The van der Waals surface area contributed by atoms with E-state index in [2.05, 4.69) is 0 Å². The van der Waals surface area contributed by atoms with Gasteiger partial charge in [-0.25, -0.2) is 13.6 Å². The second-order valence-electron chi connectivity index (χ2n) is 7.86. The van der Waals surface area contributed by atoms with Crippen molar-refractivity contribution >= 4 is 11.7 Å². The Kier molecular flexibility index (Phi) is 4.74. The van der Waals surface area contributed by atoms with E-state index in [0.29, 0.717) is 12.0 Å². The fraction of sp³-hybridized carbons (Fsp3) is 0.500. The van der Waals surface area contributed by atoms with Gasteiger partial charge in [0, 0.05) is 6.04 Å². The Bertz CT molecular complexity index is 782. The van der Waals surface area contributed by atoms with E-state index < -0.39 is 22.8 Å². The minimum atomic E-state index is -0.858. The lowest BCUT2D eigenvalue weighted by molar-refractivity contribution is 0.0000783. The fourth-order valence-electron chi connectivity index (χ4n) is 3.71. The predicted octanol–water partition coefficient (Wildman–Crippen LogP) is 4.78. The highest BCUT2D eigenvalue weighted by Crippen LogP contribution is 2.38. The molecule has 2 aliphatic rings. The molecular formula is C20H22F2N2O2. The molecule has 1 aromatic rings. The second kappa shape index (κ2) is 6.71. The quantitative estimate of drug-likeness (QED) is 0.724. The second-order valence-corrected chi connectivity index (χ2v) is 7.86. The highest BCUT2D eigenvalue weighted by molar-refractivity contribution is 5.75. The number of carbonyl (C=O) groups excluding carboxylic acids is 1. The molecule has 4 nitrogen and oxygen atoms in total. The molecule has 0 aliphatic carbocycles. The summed E-state index contributed by atoms with van der Waals surface area (Å²) in [6.07, 6.45) is 4.68. The van der Waals surface area contributed by atoms with Gasteiger partial charge in [0.25, 0.3) is 0 Å². The Morgan fingerprint density at radius 3 is 2.46 bits per heavy atom. The van der Waals surface area contributed by atoms with E-state index in [1.165, 1.54) is 18.2 Å². The zero-order chi connectivity index (χ0) is 19.1. The number of benzene rings is 1. The lowest BCUT2D eigenvalue weighted by Crippen LogP contribution is -2.53. The third-order valence-corrected chi connectivity index (χ3v) is 4.77. The van der Waals surface area contributed by atoms with Crippen molar-refractivity contribution in [1.82, 2.24) is 4.90 Å². The number of piperidine rings is 1. The molecule has 1 fully saturated rings. The summed E-state index contributed by atoms with van der Waals surface area (Å²) in [5.74, 6) is -1.72. The van der Waals surface area contributed by atoms with Crippen molar-refractivity contribution in [2.45, 2.75) is 64.1 Å². The Labute approximate surface area is 152 Å². The first-order valence-electron chi connectivity index (χ1n) is 8.81. The van der Waals surface area contributed by atoms with Crippen LogP contribution in [0.1, 0.15) is 57.6 Å². The summed E-state index contributed by atoms with van der Waals surface area (Å²) < 4.78 is 33.5. The molecule has 6 heteroatoms. The maximum atomic E-state index is 14.0. The Morgan fingerprint density at radius 2 is 1.92 bits per heavy atom. The summed E-state index contributed by atoms with van der Waals surface area (Å²) in [6.45, 7) is 5.48. The van der Waals surface area contributed by atoms with Crippen LogP contribution in [0.3, 0.4) is 0 Å². The molecule has 2 unspecified atom stereocenters. The molecule has 1 aromatic carbocycles. The largest absolute Gasteiger partial charge is 0.444 e. The van der Waals surface area contributed by atoms with Crippen LogP contribution in [0.15, 0.2) is 18.2 Å². The summed E-state index contributed by atoms with van der Waals surface area (Å²) >= 11 is 0. The van der Waals surface area contributed by atoms with Crippen molar-refractivity contribution < 1.29 is 18.3 Å². The standard InChI is InChI=1S/C20H22F2N2O2/c1-20(2,3)26-19(25)24-14-5-4-6-15(24)8-12(7-14)13-9-17(21)16(11-23)18(22)10-13/h7,9-10,14-15H,4-6,8H2,1-3H3. The van der Waals surface area contributed by atoms with Gasteiger partial charge in [-0.05, 0) is 69.7 Å². The minimum absolute atomic E-state index is 0.0506. The van der Waals surface area contributed by atoms with Crippen LogP contribution in [0.5, 0.6) is 0 Å². The minimum Gasteiger partial charge on any atom is -0.444 e. The maximum absolute atomic E-state index is 14.0. The van der Waals surface area contributed by atoms with Gasteiger partial charge in [0.2, 0.25) is 0 Å².